The highest BCUT2D eigenvalue weighted by Gasteiger charge is 2.26. The van der Waals surface area contributed by atoms with Crippen LogP contribution in [0, 0.1) is 5.92 Å². The van der Waals surface area contributed by atoms with Crippen LogP contribution in [0.3, 0.4) is 0 Å². The minimum absolute atomic E-state index is 0. The number of carbonyl (C=O) groups excluding carboxylic acids is 2. The molecular weight excluding hydrogens is 230 g/mol. The lowest BCUT2D eigenvalue weighted by molar-refractivity contribution is -0.125. The van der Waals surface area contributed by atoms with Crippen molar-refractivity contribution in [2.75, 3.05) is 6.54 Å². The van der Waals surface area contributed by atoms with Gasteiger partial charge in [0, 0.05) is 24.9 Å². The van der Waals surface area contributed by atoms with Gasteiger partial charge in [0.25, 0.3) is 0 Å². The Morgan fingerprint density at radius 3 is 2.56 bits per heavy atom. The molecule has 0 aromatic heterocycles. The van der Waals surface area contributed by atoms with Crippen LogP contribution in [0.2, 0.25) is 0 Å². The van der Waals surface area contributed by atoms with E-state index in [1.165, 1.54) is 0 Å². The Bertz CT molecular complexity index is 248. The van der Waals surface area contributed by atoms with E-state index in [2.05, 4.69) is 5.32 Å². The van der Waals surface area contributed by atoms with Crippen LogP contribution in [0.4, 0.5) is 0 Å². The lowest BCUT2D eigenvalue weighted by Crippen LogP contribution is -2.41. The van der Waals surface area contributed by atoms with Gasteiger partial charge in [0.05, 0.1) is 0 Å². The van der Waals surface area contributed by atoms with E-state index in [-0.39, 0.29) is 36.2 Å². The minimum atomic E-state index is -0.257. The molecule has 1 rings (SSSR count). The molecule has 5 N–H and O–H groups in total. The van der Waals surface area contributed by atoms with Gasteiger partial charge in [0.2, 0.25) is 11.8 Å². The Morgan fingerprint density at radius 2 is 2.00 bits per heavy atom. The molecular formula is C10H20ClN3O2. The summed E-state index contributed by atoms with van der Waals surface area (Å²) in [6, 6.07) is 0.0929. The summed E-state index contributed by atoms with van der Waals surface area (Å²) in [4.78, 5) is 22.3. The maximum atomic E-state index is 11.3. The molecule has 0 radical (unpaired) electrons. The fourth-order valence-corrected chi connectivity index (χ4v) is 2.01. The number of amides is 2. The van der Waals surface area contributed by atoms with E-state index in [4.69, 9.17) is 11.5 Å². The van der Waals surface area contributed by atoms with Gasteiger partial charge in [-0.1, -0.05) is 6.42 Å². The number of halogens is 1. The summed E-state index contributed by atoms with van der Waals surface area (Å²) < 4.78 is 0. The molecule has 94 valence electrons. The summed E-state index contributed by atoms with van der Waals surface area (Å²) in [5, 5.41) is 2.88. The maximum Gasteiger partial charge on any atom is 0.221 e. The van der Waals surface area contributed by atoms with E-state index in [1.807, 2.05) is 0 Å². The molecule has 0 aromatic rings. The maximum absolute atomic E-state index is 11.3. The molecule has 16 heavy (non-hydrogen) atoms. The van der Waals surface area contributed by atoms with Crippen LogP contribution in [-0.4, -0.2) is 24.4 Å². The van der Waals surface area contributed by atoms with Gasteiger partial charge in [-0.15, -0.1) is 12.4 Å². The third-order valence-corrected chi connectivity index (χ3v) is 2.81. The Hall–Kier alpha value is -0.810. The molecule has 1 saturated carbocycles. The van der Waals surface area contributed by atoms with Crippen molar-refractivity contribution >= 4 is 24.2 Å². The van der Waals surface area contributed by atoms with Crippen LogP contribution in [-0.2, 0) is 9.59 Å². The third-order valence-electron chi connectivity index (χ3n) is 2.81. The SMILES string of the molecule is Cl.NCCC(=O)NC1CCCC(C(N)=O)C1. The van der Waals surface area contributed by atoms with Gasteiger partial charge in [-0.25, -0.2) is 0 Å². The number of rotatable bonds is 4. The van der Waals surface area contributed by atoms with Gasteiger partial charge in [0.15, 0.2) is 0 Å². The van der Waals surface area contributed by atoms with Crippen molar-refractivity contribution in [1.82, 2.24) is 5.32 Å². The molecule has 0 spiro atoms. The zero-order valence-electron chi connectivity index (χ0n) is 9.28. The molecule has 6 heteroatoms. The van der Waals surface area contributed by atoms with E-state index in [9.17, 15) is 9.59 Å². The van der Waals surface area contributed by atoms with Gasteiger partial charge in [-0.3, -0.25) is 9.59 Å². The minimum Gasteiger partial charge on any atom is -0.369 e. The van der Waals surface area contributed by atoms with E-state index < -0.39 is 0 Å². The molecule has 2 amide bonds. The van der Waals surface area contributed by atoms with Crippen LogP contribution < -0.4 is 16.8 Å². The predicted molar refractivity (Wildman–Crippen MR) is 64.0 cm³/mol. The number of hydrogen-bond donors (Lipinski definition) is 3. The van der Waals surface area contributed by atoms with Crippen LogP contribution in [0.5, 0.6) is 0 Å². The molecule has 5 nitrogen and oxygen atoms in total. The van der Waals surface area contributed by atoms with Crippen molar-refractivity contribution in [2.45, 2.75) is 38.1 Å². The predicted octanol–water partition coefficient (Wildman–Crippen LogP) is -0.0827. The number of nitrogens with one attached hydrogen (secondary N) is 1. The van der Waals surface area contributed by atoms with Crippen LogP contribution in [0.15, 0.2) is 0 Å². The smallest absolute Gasteiger partial charge is 0.221 e. The van der Waals surface area contributed by atoms with Crippen LogP contribution in [0.25, 0.3) is 0 Å². The third kappa shape index (κ3) is 4.81. The Labute approximate surface area is 102 Å². The van der Waals surface area contributed by atoms with Crippen LogP contribution >= 0.6 is 12.4 Å². The number of primary amides is 1. The second kappa shape index (κ2) is 7.46. The van der Waals surface area contributed by atoms with E-state index in [1.54, 1.807) is 0 Å². The summed E-state index contributed by atoms with van der Waals surface area (Å²) >= 11 is 0. The average molecular weight is 250 g/mol. The molecule has 0 aliphatic heterocycles. The topological polar surface area (TPSA) is 98.2 Å². The first-order chi connectivity index (χ1) is 7.13. The Balaban J connectivity index is 0.00000225. The van der Waals surface area contributed by atoms with Crippen molar-refractivity contribution in [2.24, 2.45) is 17.4 Å². The molecule has 2 atom stereocenters. The quantitative estimate of drug-likeness (QED) is 0.650. The summed E-state index contributed by atoms with van der Waals surface area (Å²) in [6.07, 6.45) is 3.74. The summed E-state index contributed by atoms with van der Waals surface area (Å²) in [6.45, 7) is 0.359. The lowest BCUT2D eigenvalue weighted by Gasteiger charge is -2.27. The first-order valence-corrected chi connectivity index (χ1v) is 5.42. The van der Waals surface area contributed by atoms with Gasteiger partial charge in [0.1, 0.15) is 0 Å². The normalized spacial score (nSPS) is 24.3. The molecule has 2 unspecified atom stereocenters. The second-order valence-corrected chi connectivity index (χ2v) is 4.07. The first kappa shape index (κ1) is 15.2. The molecule has 0 saturated heterocycles. The largest absolute Gasteiger partial charge is 0.369 e. The fourth-order valence-electron chi connectivity index (χ4n) is 2.01. The zero-order valence-corrected chi connectivity index (χ0v) is 10.1. The standard InChI is InChI=1S/C10H19N3O2.ClH/c11-5-4-9(14)13-8-3-1-2-7(6-8)10(12)15;/h7-8H,1-6,11H2,(H2,12,15)(H,13,14);1H. The van der Waals surface area contributed by atoms with Crippen molar-refractivity contribution < 1.29 is 9.59 Å². The van der Waals surface area contributed by atoms with E-state index in [0.29, 0.717) is 19.4 Å². The first-order valence-electron chi connectivity index (χ1n) is 5.42. The molecule has 1 aliphatic rings. The molecule has 0 bridgehead atoms. The van der Waals surface area contributed by atoms with Crippen LogP contribution in [0.1, 0.15) is 32.1 Å². The number of hydrogen-bond acceptors (Lipinski definition) is 3. The highest BCUT2D eigenvalue weighted by molar-refractivity contribution is 5.85. The molecule has 0 aromatic carbocycles. The highest BCUT2D eigenvalue weighted by atomic mass is 35.5. The monoisotopic (exact) mass is 249 g/mol. The van der Waals surface area contributed by atoms with Gasteiger partial charge < -0.3 is 16.8 Å². The summed E-state index contributed by atoms with van der Waals surface area (Å²) in [5.74, 6) is -0.373. The zero-order chi connectivity index (χ0) is 11.3. The van der Waals surface area contributed by atoms with Crippen molar-refractivity contribution in [3.63, 3.8) is 0 Å². The van der Waals surface area contributed by atoms with Crippen molar-refractivity contribution in [3.8, 4) is 0 Å². The van der Waals surface area contributed by atoms with E-state index >= 15 is 0 Å². The molecule has 0 heterocycles. The number of carbonyl (C=O) groups is 2. The molecule has 1 fully saturated rings. The van der Waals surface area contributed by atoms with Gasteiger partial charge in [-0.05, 0) is 19.3 Å². The Morgan fingerprint density at radius 1 is 1.31 bits per heavy atom. The fraction of sp³-hybridized carbons (Fsp3) is 0.800. The van der Waals surface area contributed by atoms with Gasteiger partial charge in [-0.2, -0.15) is 0 Å². The molecule has 1 aliphatic carbocycles. The highest BCUT2D eigenvalue weighted by Crippen LogP contribution is 2.23. The van der Waals surface area contributed by atoms with Gasteiger partial charge >= 0.3 is 0 Å². The Kier molecular flexibility index (Phi) is 7.08. The van der Waals surface area contributed by atoms with E-state index in [0.717, 1.165) is 19.3 Å². The second-order valence-electron chi connectivity index (χ2n) is 4.07. The average Bonchev–Trinajstić information content (AvgIpc) is 2.18. The van der Waals surface area contributed by atoms with Crippen molar-refractivity contribution in [1.29, 1.82) is 0 Å². The summed E-state index contributed by atoms with van der Waals surface area (Å²) in [5.41, 5.74) is 10.5. The summed E-state index contributed by atoms with van der Waals surface area (Å²) in [7, 11) is 0. The number of nitrogens with two attached hydrogens (primary N) is 2. The van der Waals surface area contributed by atoms with Crippen molar-refractivity contribution in [3.05, 3.63) is 0 Å². The lowest BCUT2D eigenvalue weighted by atomic mass is 9.85.